The van der Waals surface area contributed by atoms with Gasteiger partial charge in [-0.1, -0.05) is 17.7 Å². The number of amides is 1. The Kier molecular flexibility index (Phi) is 5.32. The largest absolute Gasteiger partial charge is 0.478 e. The Labute approximate surface area is 139 Å². The maximum atomic E-state index is 12.1. The van der Waals surface area contributed by atoms with E-state index in [2.05, 4.69) is 10.0 Å². The summed E-state index contributed by atoms with van der Waals surface area (Å²) < 4.78 is 26.3. The molecule has 0 aromatic heterocycles. The molecule has 8 heteroatoms. The summed E-state index contributed by atoms with van der Waals surface area (Å²) in [5.74, 6) is -1.63. The van der Waals surface area contributed by atoms with E-state index in [-0.39, 0.29) is 10.5 Å². The molecule has 24 heavy (non-hydrogen) atoms. The molecular formula is C16H16N2O5S. The zero-order valence-corrected chi connectivity index (χ0v) is 13.6. The van der Waals surface area contributed by atoms with Gasteiger partial charge in [-0.05, 0) is 43.3 Å². The van der Waals surface area contributed by atoms with Crippen LogP contribution in [0, 0.1) is 6.92 Å². The molecule has 0 aliphatic heterocycles. The molecule has 0 saturated heterocycles. The molecule has 7 nitrogen and oxygen atoms in total. The number of sulfonamides is 1. The topological polar surface area (TPSA) is 113 Å². The minimum Gasteiger partial charge on any atom is -0.478 e. The predicted octanol–water partition coefficient (Wildman–Crippen LogP) is 1.61. The summed E-state index contributed by atoms with van der Waals surface area (Å²) in [6.07, 6.45) is 0. The second-order valence-electron chi connectivity index (χ2n) is 5.07. The van der Waals surface area contributed by atoms with Gasteiger partial charge in [0.2, 0.25) is 15.9 Å². The summed E-state index contributed by atoms with van der Waals surface area (Å²) in [5.41, 5.74) is 1.39. The number of nitrogens with one attached hydrogen (secondary N) is 2. The van der Waals surface area contributed by atoms with Gasteiger partial charge in [0, 0.05) is 5.69 Å². The fourth-order valence-electron chi connectivity index (χ4n) is 1.86. The molecule has 0 fully saturated rings. The van der Waals surface area contributed by atoms with Crippen molar-refractivity contribution in [3.05, 3.63) is 59.7 Å². The number of carboxylic acid groups (broad SMARTS) is 1. The van der Waals surface area contributed by atoms with Crippen molar-refractivity contribution in [3.8, 4) is 0 Å². The van der Waals surface area contributed by atoms with E-state index in [1.54, 1.807) is 12.1 Å². The molecule has 2 rings (SSSR count). The highest BCUT2D eigenvalue weighted by Crippen LogP contribution is 2.11. The zero-order valence-electron chi connectivity index (χ0n) is 12.8. The van der Waals surface area contributed by atoms with Gasteiger partial charge < -0.3 is 10.4 Å². The third kappa shape index (κ3) is 4.64. The van der Waals surface area contributed by atoms with Crippen molar-refractivity contribution < 1.29 is 23.1 Å². The second kappa shape index (κ2) is 7.24. The summed E-state index contributed by atoms with van der Waals surface area (Å²) in [6.45, 7) is 1.41. The van der Waals surface area contributed by atoms with E-state index < -0.39 is 28.4 Å². The molecule has 126 valence electrons. The van der Waals surface area contributed by atoms with Crippen molar-refractivity contribution in [2.75, 3.05) is 11.9 Å². The SMILES string of the molecule is Cc1ccc(S(=O)(=O)NCC(=O)Nc2ccc(C(=O)O)cc2)cc1. The van der Waals surface area contributed by atoms with Gasteiger partial charge in [-0.15, -0.1) is 0 Å². The number of aryl methyl sites for hydroxylation is 1. The van der Waals surface area contributed by atoms with Crippen molar-refractivity contribution >= 4 is 27.6 Å². The first-order valence-electron chi connectivity index (χ1n) is 6.97. The van der Waals surface area contributed by atoms with Gasteiger partial charge in [-0.3, -0.25) is 4.79 Å². The lowest BCUT2D eigenvalue weighted by molar-refractivity contribution is -0.115. The monoisotopic (exact) mass is 348 g/mol. The van der Waals surface area contributed by atoms with Gasteiger partial charge in [-0.2, -0.15) is 0 Å². The third-order valence-corrected chi connectivity index (χ3v) is 4.59. The number of carbonyl (C=O) groups excluding carboxylic acids is 1. The minimum absolute atomic E-state index is 0.0757. The van der Waals surface area contributed by atoms with Gasteiger partial charge in [0.05, 0.1) is 17.0 Å². The maximum Gasteiger partial charge on any atom is 0.335 e. The molecule has 0 heterocycles. The van der Waals surface area contributed by atoms with Gasteiger partial charge in [0.25, 0.3) is 0 Å². The first kappa shape index (κ1) is 17.6. The first-order chi connectivity index (χ1) is 11.3. The quantitative estimate of drug-likeness (QED) is 0.734. The Hall–Kier alpha value is -2.71. The van der Waals surface area contributed by atoms with Crippen molar-refractivity contribution in [2.45, 2.75) is 11.8 Å². The summed E-state index contributed by atoms with van der Waals surface area (Å²) in [6, 6.07) is 11.8. The second-order valence-corrected chi connectivity index (χ2v) is 6.84. The molecule has 0 atom stereocenters. The van der Waals surface area contributed by atoms with Gasteiger partial charge in [0.1, 0.15) is 0 Å². The minimum atomic E-state index is -3.77. The lowest BCUT2D eigenvalue weighted by atomic mass is 10.2. The van der Waals surface area contributed by atoms with Crippen LogP contribution in [0.3, 0.4) is 0 Å². The number of hydrogen-bond donors (Lipinski definition) is 3. The molecular weight excluding hydrogens is 332 g/mol. The third-order valence-electron chi connectivity index (χ3n) is 3.17. The summed E-state index contributed by atoms with van der Waals surface area (Å²) >= 11 is 0. The van der Waals surface area contributed by atoms with Crippen LogP contribution < -0.4 is 10.0 Å². The van der Waals surface area contributed by atoms with Crippen molar-refractivity contribution in [3.63, 3.8) is 0 Å². The van der Waals surface area contributed by atoms with E-state index in [9.17, 15) is 18.0 Å². The lowest BCUT2D eigenvalue weighted by Gasteiger charge is -2.08. The first-order valence-corrected chi connectivity index (χ1v) is 8.46. The predicted molar refractivity (Wildman–Crippen MR) is 88.4 cm³/mol. The van der Waals surface area contributed by atoms with Crippen LogP contribution in [0.15, 0.2) is 53.4 Å². The van der Waals surface area contributed by atoms with E-state index in [0.29, 0.717) is 5.69 Å². The standard InChI is InChI=1S/C16H16N2O5S/c1-11-2-8-14(9-3-11)24(22,23)17-10-15(19)18-13-6-4-12(5-7-13)16(20)21/h2-9,17H,10H2,1H3,(H,18,19)(H,20,21). The summed E-state index contributed by atoms with van der Waals surface area (Å²) in [5, 5.41) is 11.3. The van der Waals surface area contributed by atoms with Crippen LogP contribution in [-0.2, 0) is 14.8 Å². The fraction of sp³-hybridized carbons (Fsp3) is 0.125. The number of anilines is 1. The van der Waals surface area contributed by atoms with E-state index >= 15 is 0 Å². The molecule has 1 amide bonds. The highest BCUT2D eigenvalue weighted by Gasteiger charge is 2.15. The Balaban J connectivity index is 1.95. The average Bonchev–Trinajstić information content (AvgIpc) is 2.54. The van der Waals surface area contributed by atoms with Crippen LogP contribution >= 0.6 is 0 Å². The molecule has 0 aliphatic carbocycles. The van der Waals surface area contributed by atoms with Crippen molar-refractivity contribution in [2.24, 2.45) is 0 Å². The highest BCUT2D eigenvalue weighted by atomic mass is 32.2. The zero-order chi connectivity index (χ0) is 17.7. The van der Waals surface area contributed by atoms with Crippen molar-refractivity contribution in [1.82, 2.24) is 4.72 Å². The smallest absolute Gasteiger partial charge is 0.335 e. The molecule has 2 aromatic carbocycles. The van der Waals surface area contributed by atoms with E-state index in [4.69, 9.17) is 5.11 Å². The lowest BCUT2D eigenvalue weighted by Crippen LogP contribution is -2.32. The van der Waals surface area contributed by atoms with E-state index in [1.165, 1.54) is 36.4 Å². The van der Waals surface area contributed by atoms with Crippen molar-refractivity contribution in [1.29, 1.82) is 0 Å². The number of aromatic carboxylic acids is 1. The average molecular weight is 348 g/mol. The summed E-state index contributed by atoms with van der Waals surface area (Å²) in [7, 11) is -3.77. The van der Waals surface area contributed by atoms with E-state index in [1.807, 2.05) is 6.92 Å². The molecule has 0 radical (unpaired) electrons. The Bertz CT molecular complexity index is 843. The van der Waals surface area contributed by atoms with Crippen LogP contribution in [0.25, 0.3) is 0 Å². The number of carbonyl (C=O) groups is 2. The van der Waals surface area contributed by atoms with Crippen LogP contribution in [-0.4, -0.2) is 31.9 Å². The van der Waals surface area contributed by atoms with Crippen LogP contribution in [0.5, 0.6) is 0 Å². The molecule has 0 bridgehead atoms. The summed E-state index contributed by atoms with van der Waals surface area (Å²) in [4.78, 5) is 22.6. The molecule has 0 unspecified atom stereocenters. The highest BCUT2D eigenvalue weighted by molar-refractivity contribution is 7.89. The van der Waals surface area contributed by atoms with Gasteiger partial charge >= 0.3 is 5.97 Å². The molecule has 0 aliphatic rings. The number of benzene rings is 2. The van der Waals surface area contributed by atoms with Crippen LogP contribution in [0.2, 0.25) is 0 Å². The van der Waals surface area contributed by atoms with E-state index in [0.717, 1.165) is 5.56 Å². The van der Waals surface area contributed by atoms with Crippen LogP contribution in [0.1, 0.15) is 15.9 Å². The normalized spacial score (nSPS) is 11.0. The molecule has 2 aromatic rings. The molecule has 0 spiro atoms. The maximum absolute atomic E-state index is 12.1. The Morgan fingerprint density at radius 3 is 2.12 bits per heavy atom. The number of hydrogen-bond acceptors (Lipinski definition) is 4. The number of carboxylic acids is 1. The fourth-order valence-corrected chi connectivity index (χ4v) is 2.84. The molecule has 3 N–H and O–H groups in total. The van der Waals surface area contributed by atoms with Crippen LogP contribution in [0.4, 0.5) is 5.69 Å². The number of rotatable bonds is 6. The molecule has 0 saturated carbocycles. The Morgan fingerprint density at radius 2 is 1.58 bits per heavy atom. The Morgan fingerprint density at radius 1 is 1.00 bits per heavy atom. The van der Waals surface area contributed by atoms with Gasteiger partial charge in [-0.25, -0.2) is 17.9 Å². The van der Waals surface area contributed by atoms with Gasteiger partial charge in [0.15, 0.2) is 0 Å².